The van der Waals surface area contributed by atoms with Crippen LogP contribution in [0.1, 0.15) is 67.8 Å². The molecule has 0 heterocycles. The molecule has 0 saturated heterocycles. The molecule has 32 heavy (non-hydrogen) atoms. The summed E-state index contributed by atoms with van der Waals surface area (Å²) in [4.78, 5) is 36.5. The van der Waals surface area contributed by atoms with E-state index < -0.39 is 22.3 Å². The first-order valence-electron chi connectivity index (χ1n) is 9.32. The summed E-state index contributed by atoms with van der Waals surface area (Å²) in [5, 5.41) is 12.4. The molecule has 0 aromatic heterocycles. The van der Waals surface area contributed by atoms with E-state index in [0.29, 0.717) is 5.56 Å². The lowest BCUT2D eigenvalue weighted by Gasteiger charge is -2.35. The van der Waals surface area contributed by atoms with Gasteiger partial charge in [0.2, 0.25) is 0 Å². The number of nitro benzene ring substituents is 1. The van der Waals surface area contributed by atoms with Crippen molar-refractivity contribution >= 4 is 54.7 Å². The van der Waals surface area contributed by atoms with Gasteiger partial charge in [0.25, 0.3) is 17.5 Å². The Hall–Kier alpha value is -2.35. The Morgan fingerprint density at radius 1 is 0.875 bits per heavy atom. The van der Waals surface area contributed by atoms with Gasteiger partial charge in [-0.15, -0.1) is 37.2 Å². The third-order valence-corrected chi connectivity index (χ3v) is 4.43. The summed E-state index contributed by atoms with van der Waals surface area (Å²) in [5.41, 5.74) is 2.84. The first kappa shape index (κ1) is 31.8. The minimum Gasteiger partial charge on any atom is -0.267 e. The molecule has 0 unspecified atom stereocenters. The third-order valence-electron chi connectivity index (χ3n) is 4.43. The lowest BCUT2D eigenvalue weighted by Crippen LogP contribution is -2.56. The molecular formula is C22H30Cl3N3O4. The van der Waals surface area contributed by atoms with E-state index in [0.717, 1.165) is 10.6 Å². The van der Waals surface area contributed by atoms with Crippen molar-refractivity contribution in [3.63, 3.8) is 0 Å². The summed E-state index contributed by atoms with van der Waals surface area (Å²) in [6.45, 7) is 11.5. The zero-order chi connectivity index (χ0) is 22.0. The number of nitro groups is 1. The topological polar surface area (TPSA) is 92.6 Å². The van der Waals surface area contributed by atoms with Crippen LogP contribution in [0.25, 0.3) is 0 Å². The fourth-order valence-corrected chi connectivity index (χ4v) is 2.74. The van der Waals surface area contributed by atoms with Gasteiger partial charge < -0.3 is 0 Å². The maximum absolute atomic E-state index is 13.1. The van der Waals surface area contributed by atoms with Crippen LogP contribution in [0.4, 0.5) is 5.69 Å². The summed E-state index contributed by atoms with van der Waals surface area (Å²) in [5.74, 6) is -1.11. The van der Waals surface area contributed by atoms with Crippen molar-refractivity contribution in [2.45, 2.75) is 52.5 Å². The van der Waals surface area contributed by atoms with E-state index in [4.69, 9.17) is 0 Å². The molecule has 0 radical (unpaired) electrons. The number of carbonyl (C=O) groups excluding carboxylic acids is 2. The van der Waals surface area contributed by atoms with Gasteiger partial charge >= 0.3 is 0 Å². The fourth-order valence-electron chi connectivity index (χ4n) is 2.74. The Balaban J connectivity index is 0. The predicted octanol–water partition coefficient (Wildman–Crippen LogP) is 5.74. The molecule has 0 spiro atoms. The largest absolute Gasteiger partial charge is 0.282 e. The molecule has 0 fully saturated rings. The number of hydrogen-bond donors (Lipinski definition) is 1. The fraction of sp³-hybridized carbons (Fsp3) is 0.364. The SMILES string of the molecule is CC(C)(C)c1ccc(C(=O)NN(C(=O)c2ccccc2[N+](=O)[O-])C(C)(C)C)cc1.Cl.Cl.Cl. The van der Waals surface area contributed by atoms with Crippen LogP contribution >= 0.6 is 37.2 Å². The van der Waals surface area contributed by atoms with Crippen LogP contribution < -0.4 is 5.43 Å². The van der Waals surface area contributed by atoms with E-state index >= 15 is 0 Å². The van der Waals surface area contributed by atoms with Gasteiger partial charge in [-0.05, 0) is 49.9 Å². The maximum atomic E-state index is 13.1. The number of hydrogen-bond acceptors (Lipinski definition) is 4. The number of halogens is 3. The molecule has 7 nitrogen and oxygen atoms in total. The molecule has 2 aromatic carbocycles. The van der Waals surface area contributed by atoms with Crippen LogP contribution in [0.15, 0.2) is 48.5 Å². The van der Waals surface area contributed by atoms with E-state index in [2.05, 4.69) is 26.2 Å². The predicted molar refractivity (Wildman–Crippen MR) is 133 cm³/mol. The lowest BCUT2D eigenvalue weighted by molar-refractivity contribution is -0.385. The van der Waals surface area contributed by atoms with Gasteiger partial charge in [-0.3, -0.25) is 25.1 Å². The van der Waals surface area contributed by atoms with Crippen molar-refractivity contribution in [1.82, 2.24) is 10.4 Å². The third kappa shape index (κ3) is 7.65. The molecule has 0 aliphatic heterocycles. The van der Waals surface area contributed by atoms with Crippen LogP contribution in [-0.4, -0.2) is 27.3 Å². The van der Waals surface area contributed by atoms with Crippen LogP contribution in [0.5, 0.6) is 0 Å². The molecule has 2 amide bonds. The number of nitrogens with zero attached hydrogens (tertiary/aromatic N) is 2. The van der Waals surface area contributed by atoms with Gasteiger partial charge in [0.15, 0.2) is 0 Å². The van der Waals surface area contributed by atoms with E-state index in [9.17, 15) is 19.7 Å². The second-order valence-corrected chi connectivity index (χ2v) is 8.85. The normalized spacial score (nSPS) is 10.6. The number of hydrazine groups is 1. The number of nitrogens with one attached hydrogen (secondary N) is 1. The van der Waals surface area contributed by atoms with Crippen LogP contribution in [0.3, 0.4) is 0 Å². The lowest BCUT2D eigenvalue weighted by atomic mass is 9.87. The highest BCUT2D eigenvalue weighted by molar-refractivity contribution is 6.01. The number of amides is 2. The zero-order valence-electron chi connectivity index (χ0n) is 18.9. The highest BCUT2D eigenvalue weighted by atomic mass is 35.5. The summed E-state index contributed by atoms with van der Waals surface area (Å²) in [7, 11) is 0. The molecule has 0 aliphatic rings. The summed E-state index contributed by atoms with van der Waals surface area (Å²) in [6.07, 6.45) is 0. The smallest absolute Gasteiger partial charge is 0.267 e. The molecule has 2 rings (SSSR count). The summed E-state index contributed by atoms with van der Waals surface area (Å²) >= 11 is 0. The minimum absolute atomic E-state index is 0. The number of para-hydroxylation sites is 1. The van der Waals surface area contributed by atoms with Crippen LogP contribution in [0, 0.1) is 10.1 Å². The number of rotatable bonds is 3. The Morgan fingerprint density at radius 2 is 1.38 bits per heavy atom. The number of carbonyl (C=O) groups is 2. The first-order valence-corrected chi connectivity index (χ1v) is 9.32. The van der Waals surface area contributed by atoms with Gasteiger partial charge in [-0.1, -0.05) is 45.0 Å². The van der Waals surface area contributed by atoms with E-state index in [1.165, 1.54) is 18.2 Å². The Labute approximate surface area is 207 Å². The highest BCUT2D eigenvalue weighted by Crippen LogP contribution is 2.24. The van der Waals surface area contributed by atoms with Crippen molar-refractivity contribution in [2.75, 3.05) is 0 Å². The zero-order valence-corrected chi connectivity index (χ0v) is 21.3. The van der Waals surface area contributed by atoms with Crippen LogP contribution in [-0.2, 0) is 5.41 Å². The Kier molecular flexibility index (Phi) is 12.0. The Morgan fingerprint density at radius 3 is 1.81 bits per heavy atom. The van der Waals surface area contributed by atoms with Crippen molar-refractivity contribution in [3.05, 3.63) is 75.3 Å². The van der Waals surface area contributed by atoms with Gasteiger partial charge in [-0.25, -0.2) is 5.01 Å². The van der Waals surface area contributed by atoms with E-state index in [1.807, 2.05) is 12.1 Å². The molecular weight excluding hydrogens is 477 g/mol. The molecule has 0 saturated carbocycles. The van der Waals surface area contributed by atoms with E-state index in [-0.39, 0.29) is 53.9 Å². The van der Waals surface area contributed by atoms with Gasteiger partial charge in [0.05, 0.1) is 10.5 Å². The molecule has 0 aliphatic carbocycles. The molecule has 10 heteroatoms. The van der Waals surface area contributed by atoms with Gasteiger partial charge in [0.1, 0.15) is 5.56 Å². The quantitative estimate of drug-likeness (QED) is 0.424. The second-order valence-electron chi connectivity index (χ2n) is 8.85. The maximum Gasteiger partial charge on any atom is 0.282 e. The highest BCUT2D eigenvalue weighted by Gasteiger charge is 2.33. The second kappa shape index (κ2) is 12.0. The molecule has 0 bridgehead atoms. The monoisotopic (exact) mass is 505 g/mol. The van der Waals surface area contributed by atoms with Gasteiger partial charge in [0, 0.05) is 11.6 Å². The standard InChI is InChI=1S/C22H27N3O4.3ClH/c1-21(2,3)16-13-11-15(12-14-16)19(26)23-24(22(4,5)6)20(27)17-9-7-8-10-18(17)25(28)29;;;/h7-14H,1-6H3,(H,23,26);3*1H. The molecule has 0 atom stereocenters. The van der Waals surface area contributed by atoms with Crippen molar-refractivity contribution in [2.24, 2.45) is 0 Å². The van der Waals surface area contributed by atoms with E-state index in [1.54, 1.807) is 39.0 Å². The average Bonchev–Trinajstić information content (AvgIpc) is 2.63. The Bertz CT molecular complexity index is 937. The molecule has 2 aromatic rings. The average molecular weight is 507 g/mol. The van der Waals surface area contributed by atoms with Crippen molar-refractivity contribution in [1.29, 1.82) is 0 Å². The minimum atomic E-state index is -0.804. The summed E-state index contributed by atoms with van der Waals surface area (Å²) in [6, 6.07) is 12.8. The number of benzene rings is 2. The first-order chi connectivity index (χ1) is 13.3. The molecule has 178 valence electrons. The summed E-state index contributed by atoms with van der Waals surface area (Å²) < 4.78 is 0. The van der Waals surface area contributed by atoms with Crippen LogP contribution in [0.2, 0.25) is 0 Å². The van der Waals surface area contributed by atoms with Gasteiger partial charge in [-0.2, -0.15) is 0 Å². The molecule has 1 N–H and O–H groups in total. The van der Waals surface area contributed by atoms with Crippen molar-refractivity contribution in [3.8, 4) is 0 Å². The van der Waals surface area contributed by atoms with Crippen molar-refractivity contribution < 1.29 is 14.5 Å².